The summed E-state index contributed by atoms with van der Waals surface area (Å²) in [6, 6.07) is 0. The molecule has 1 nitrogen and oxygen atoms in total. The van der Waals surface area contributed by atoms with Crippen molar-refractivity contribution >= 4 is 11.6 Å². The number of ether oxygens (including phenoxy) is 1. The fourth-order valence-corrected chi connectivity index (χ4v) is 0.356. The maximum absolute atomic E-state index is 5.45. The van der Waals surface area contributed by atoms with Crippen LogP contribution in [0.3, 0.4) is 0 Å². The van der Waals surface area contributed by atoms with Gasteiger partial charge in [0.1, 0.15) is 0 Å². The highest BCUT2D eigenvalue weighted by Gasteiger charge is 1.88. The maximum Gasteiger partial charge on any atom is 0.0623 e. The molecule has 6 heavy (non-hydrogen) atoms. The number of alkyl halides is 1. The van der Waals surface area contributed by atoms with Crippen LogP contribution < -0.4 is 0 Å². The Labute approximate surface area is 43.3 Å². The number of hydrogen-bond acceptors (Lipinski definition) is 1. The second kappa shape index (κ2) is 3.44. The predicted molar refractivity (Wildman–Crippen MR) is 27.2 cm³/mol. The standard InChI is InChI=1S/C4H9ClO/c1-4(5)3-6-2/h4H,3H2,1-2H3. The molecular weight excluding hydrogens is 99.5 g/mol. The molecule has 0 aromatic heterocycles. The van der Waals surface area contributed by atoms with Crippen LogP contribution in [0.4, 0.5) is 0 Å². The molecule has 0 amide bonds. The molecule has 0 N–H and O–H groups in total. The van der Waals surface area contributed by atoms with Crippen molar-refractivity contribution in [3.05, 3.63) is 0 Å². The van der Waals surface area contributed by atoms with Gasteiger partial charge in [0.05, 0.1) is 12.0 Å². The van der Waals surface area contributed by atoms with E-state index in [1.165, 1.54) is 0 Å². The topological polar surface area (TPSA) is 9.23 Å². The molecule has 0 aliphatic carbocycles. The first-order valence-electron chi connectivity index (χ1n) is 1.90. The van der Waals surface area contributed by atoms with E-state index in [2.05, 4.69) is 4.74 Å². The van der Waals surface area contributed by atoms with Crippen LogP contribution in [-0.4, -0.2) is 19.1 Å². The molecule has 0 heterocycles. The van der Waals surface area contributed by atoms with E-state index in [1.54, 1.807) is 7.11 Å². The summed E-state index contributed by atoms with van der Waals surface area (Å²) in [6.45, 7) is 2.53. The molecule has 0 aromatic carbocycles. The van der Waals surface area contributed by atoms with Crippen molar-refractivity contribution in [3.63, 3.8) is 0 Å². The van der Waals surface area contributed by atoms with Crippen molar-refractivity contribution in [2.75, 3.05) is 13.7 Å². The number of methoxy groups -OCH3 is 1. The zero-order valence-corrected chi connectivity index (χ0v) is 4.83. The third-order valence-corrected chi connectivity index (χ3v) is 0.522. The van der Waals surface area contributed by atoms with Crippen LogP contribution in [0.25, 0.3) is 0 Å². The van der Waals surface area contributed by atoms with E-state index >= 15 is 0 Å². The summed E-state index contributed by atoms with van der Waals surface area (Å²) in [5, 5.41) is 0.148. The Morgan fingerprint density at radius 2 is 2.33 bits per heavy atom. The summed E-state index contributed by atoms with van der Waals surface area (Å²) in [4.78, 5) is 0. The van der Waals surface area contributed by atoms with Gasteiger partial charge in [-0.3, -0.25) is 0 Å². The van der Waals surface area contributed by atoms with E-state index in [4.69, 9.17) is 11.6 Å². The highest BCUT2D eigenvalue weighted by molar-refractivity contribution is 6.20. The van der Waals surface area contributed by atoms with Crippen LogP contribution in [0.5, 0.6) is 0 Å². The second-order valence-corrected chi connectivity index (χ2v) is 1.98. The lowest BCUT2D eigenvalue weighted by Gasteiger charge is -1.95. The van der Waals surface area contributed by atoms with Crippen molar-refractivity contribution in [1.82, 2.24) is 0 Å². The highest BCUT2D eigenvalue weighted by atomic mass is 35.5. The van der Waals surface area contributed by atoms with Crippen LogP contribution in [0, 0.1) is 0 Å². The zero-order valence-electron chi connectivity index (χ0n) is 4.07. The van der Waals surface area contributed by atoms with Gasteiger partial charge in [-0.15, -0.1) is 11.6 Å². The quantitative estimate of drug-likeness (QED) is 0.484. The first kappa shape index (κ1) is 6.25. The second-order valence-electron chi connectivity index (χ2n) is 1.24. The molecular formula is C4H9ClO. The minimum Gasteiger partial charge on any atom is -0.383 e. The van der Waals surface area contributed by atoms with Crippen molar-refractivity contribution in [2.24, 2.45) is 0 Å². The summed E-state index contributed by atoms with van der Waals surface area (Å²) in [7, 11) is 1.64. The minimum atomic E-state index is 0.148. The zero-order chi connectivity index (χ0) is 4.99. The third kappa shape index (κ3) is 4.25. The smallest absolute Gasteiger partial charge is 0.0623 e. The molecule has 0 aromatic rings. The normalized spacial score (nSPS) is 14.5. The first-order valence-corrected chi connectivity index (χ1v) is 2.34. The Kier molecular flexibility index (Phi) is 3.58. The third-order valence-electron chi connectivity index (χ3n) is 0.396. The lowest BCUT2D eigenvalue weighted by Crippen LogP contribution is -1.99. The molecule has 1 atom stereocenters. The van der Waals surface area contributed by atoms with E-state index in [1.807, 2.05) is 6.92 Å². The Bertz CT molecular complexity index is 28.7. The van der Waals surface area contributed by atoms with Crippen LogP contribution in [0.1, 0.15) is 6.92 Å². The molecule has 2 heteroatoms. The Balaban J connectivity index is 2.63. The number of rotatable bonds is 2. The minimum absolute atomic E-state index is 0.148. The number of halogens is 1. The molecule has 0 bridgehead atoms. The molecule has 0 rings (SSSR count). The average molecular weight is 109 g/mol. The van der Waals surface area contributed by atoms with Gasteiger partial charge in [-0.05, 0) is 6.92 Å². The van der Waals surface area contributed by atoms with Crippen LogP contribution in [0.15, 0.2) is 0 Å². The monoisotopic (exact) mass is 108 g/mol. The van der Waals surface area contributed by atoms with E-state index in [0.717, 1.165) is 0 Å². The van der Waals surface area contributed by atoms with Crippen LogP contribution in [-0.2, 0) is 4.74 Å². The van der Waals surface area contributed by atoms with Crippen molar-refractivity contribution in [2.45, 2.75) is 12.3 Å². The Hall–Kier alpha value is 0.250. The van der Waals surface area contributed by atoms with Crippen LogP contribution >= 0.6 is 11.6 Å². The molecule has 0 spiro atoms. The lowest BCUT2D eigenvalue weighted by molar-refractivity contribution is 0.201. The van der Waals surface area contributed by atoms with E-state index in [9.17, 15) is 0 Å². The van der Waals surface area contributed by atoms with E-state index in [0.29, 0.717) is 6.61 Å². The van der Waals surface area contributed by atoms with E-state index in [-0.39, 0.29) is 5.38 Å². The van der Waals surface area contributed by atoms with Crippen molar-refractivity contribution in [1.29, 1.82) is 0 Å². The average Bonchev–Trinajstić information content (AvgIpc) is 1.35. The molecule has 0 aliphatic heterocycles. The van der Waals surface area contributed by atoms with Gasteiger partial charge in [0.25, 0.3) is 0 Å². The Morgan fingerprint density at radius 1 is 1.83 bits per heavy atom. The van der Waals surface area contributed by atoms with E-state index < -0.39 is 0 Å². The Morgan fingerprint density at radius 3 is 2.33 bits per heavy atom. The lowest BCUT2D eigenvalue weighted by atomic mass is 10.5. The molecule has 38 valence electrons. The molecule has 0 saturated heterocycles. The maximum atomic E-state index is 5.45. The van der Waals surface area contributed by atoms with Gasteiger partial charge < -0.3 is 4.74 Å². The van der Waals surface area contributed by atoms with Crippen molar-refractivity contribution < 1.29 is 4.74 Å². The number of hydrogen-bond donors (Lipinski definition) is 0. The fourth-order valence-electron chi connectivity index (χ4n) is 0.230. The van der Waals surface area contributed by atoms with Crippen molar-refractivity contribution in [3.8, 4) is 0 Å². The molecule has 0 fully saturated rings. The predicted octanol–water partition coefficient (Wildman–Crippen LogP) is 1.26. The molecule has 1 unspecified atom stereocenters. The largest absolute Gasteiger partial charge is 0.383 e. The van der Waals surface area contributed by atoms with Gasteiger partial charge in [-0.2, -0.15) is 0 Å². The van der Waals surface area contributed by atoms with Gasteiger partial charge >= 0.3 is 0 Å². The van der Waals surface area contributed by atoms with Gasteiger partial charge in [0.2, 0.25) is 0 Å². The summed E-state index contributed by atoms with van der Waals surface area (Å²) in [5.74, 6) is 0. The van der Waals surface area contributed by atoms with Gasteiger partial charge in [-0.1, -0.05) is 0 Å². The van der Waals surface area contributed by atoms with Crippen LogP contribution in [0.2, 0.25) is 0 Å². The van der Waals surface area contributed by atoms with Gasteiger partial charge in [-0.25, -0.2) is 0 Å². The fraction of sp³-hybridized carbons (Fsp3) is 1.00. The SMILES string of the molecule is COCC(C)Cl. The molecule has 0 radical (unpaired) electrons. The van der Waals surface area contributed by atoms with Gasteiger partial charge in [0, 0.05) is 7.11 Å². The summed E-state index contributed by atoms with van der Waals surface area (Å²) >= 11 is 5.45. The summed E-state index contributed by atoms with van der Waals surface area (Å²) in [6.07, 6.45) is 0. The first-order chi connectivity index (χ1) is 2.77. The summed E-state index contributed by atoms with van der Waals surface area (Å²) in [5.41, 5.74) is 0. The highest BCUT2D eigenvalue weighted by Crippen LogP contribution is 1.90. The molecule has 0 aliphatic rings. The van der Waals surface area contributed by atoms with Gasteiger partial charge in [0.15, 0.2) is 0 Å². The summed E-state index contributed by atoms with van der Waals surface area (Å²) < 4.78 is 4.67. The molecule has 0 saturated carbocycles.